The van der Waals surface area contributed by atoms with Crippen molar-refractivity contribution >= 4 is 37.6 Å². The van der Waals surface area contributed by atoms with Crippen LogP contribution >= 0.6 is 0 Å². The van der Waals surface area contributed by atoms with E-state index in [1.54, 1.807) is 24.3 Å². The van der Waals surface area contributed by atoms with Crippen molar-refractivity contribution in [1.29, 1.82) is 5.26 Å². The van der Waals surface area contributed by atoms with Gasteiger partial charge in [-0.05, 0) is 81.6 Å². The highest BCUT2D eigenvalue weighted by molar-refractivity contribution is 7.85. The highest BCUT2D eigenvalue weighted by Crippen LogP contribution is 2.24. The van der Waals surface area contributed by atoms with Gasteiger partial charge in [-0.2, -0.15) is 13.7 Å². The fourth-order valence-electron chi connectivity index (χ4n) is 5.13. The fourth-order valence-corrected chi connectivity index (χ4v) is 5.64. The summed E-state index contributed by atoms with van der Waals surface area (Å²) >= 11 is 0. The first-order valence-corrected chi connectivity index (χ1v) is 15.2. The van der Waals surface area contributed by atoms with Crippen LogP contribution in [0.25, 0.3) is 21.5 Å². The Hall–Kier alpha value is -4.75. The third kappa shape index (κ3) is 7.37. The van der Waals surface area contributed by atoms with Crippen molar-refractivity contribution < 1.29 is 22.5 Å². The number of hydrogen-bond acceptors (Lipinski definition) is 6. The number of likely N-dealkylation sites (tertiary alicyclic amines) is 1. The molecule has 0 aliphatic carbocycles. The molecule has 2 N–H and O–H groups in total. The normalized spacial score (nSPS) is 14.8. The number of methoxy groups -OCH3 is 1. The first kappa shape index (κ1) is 29.7. The van der Waals surface area contributed by atoms with Crippen LogP contribution < -0.4 is 10.1 Å². The Kier molecular flexibility index (Phi) is 9.02. The van der Waals surface area contributed by atoms with Crippen molar-refractivity contribution in [3.8, 4) is 11.8 Å². The molecule has 0 unspecified atom stereocenters. The molecule has 0 bridgehead atoms. The second-order valence-corrected chi connectivity index (χ2v) is 11.7. The average molecular weight is 594 g/mol. The van der Waals surface area contributed by atoms with E-state index >= 15 is 0 Å². The van der Waals surface area contributed by atoms with Crippen molar-refractivity contribution in [2.24, 2.45) is 0 Å². The van der Waals surface area contributed by atoms with Gasteiger partial charge in [0.25, 0.3) is 10.1 Å². The molecule has 1 heterocycles. The summed E-state index contributed by atoms with van der Waals surface area (Å²) in [6.07, 6.45) is 0.810. The van der Waals surface area contributed by atoms with Gasteiger partial charge < -0.3 is 15.0 Å². The minimum absolute atomic E-state index is 0.117. The fraction of sp³-hybridized carbons (Fsp3) is 0.176. The Morgan fingerprint density at radius 3 is 2.40 bits per heavy atom. The molecular weight excluding hydrogens is 562 g/mol. The van der Waals surface area contributed by atoms with Crippen LogP contribution in [0.4, 0.5) is 0 Å². The molecule has 0 saturated carbocycles. The van der Waals surface area contributed by atoms with Crippen LogP contribution in [-0.4, -0.2) is 43.5 Å². The molecule has 1 aliphatic rings. The predicted molar refractivity (Wildman–Crippen MR) is 166 cm³/mol. The summed E-state index contributed by atoms with van der Waals surface area (Å²) in [6, 6.07) is 33.9. The highest BCUT2D eigenvalue weighted by atomic mass is 32.2. The van der Waals surface area contributed by atoms with Gasteiger partial charge in [0.2, 0.25) is 5.91 Å². The van der Waals surface area contributed by atoms with E-state index in [-0.39, 0.29) is 16.8 Å². The van der Waals surface area contributed by atoms with E-state index in [2.05, 4.69) is 41.7 Å². The second-order valence-electron chi connectivity index (χ2n) is 10.3. The molecule has 0 spiro atoms. The minimum atomic E-state index is -4.15. The number of fused-ring (bicyclic) bond motifs is 2. The summed E-state index contributed by atoms with van der Waals surface area (Å²) in [5.74, 6) is 0.776. The Morgan fingerprint density at radius 1 is 0.884 bits per heavy atom. The van der Waals surface area contributed by atoms with Crippen molar-refractivity contribution in [2.75, 3.05) is 13.7 Å². The number of benzene rings is 5. The van der Waals surface area contributed by atoms with Crippen LogP contribution in [0.3, 0.4) is 0 Å². The summed E-state index contributed by atoms with van der Waals surface area (Å²) < 4.78 is 35.9. The van der Waals surface area contributed by atoms with Gasteiger partial charge in [0.15, 0.2) is 0 Å². The Balaban J connectivity index is 0.000000196. The van der Waals surface area contributed by atoms with Crippen LogP contribution in [0.1, 0.15) is 23.1 Å². The topological polar surface area (TPSA) is 120 Å². The van der Waals surface area contributed by atoms with E-state index < -0.39 is 10.1 Å². The predicted octanol–water partition coefficient (Wildman–Crippen LogP) is 5.70. The lowest BCUT2D eigenvalue weighted by atomic mass is 10.1. The second kappa shape index (κ2) is 13.0. The summed E-state index contributed by atoms with van der Waals surface area (Å²) in [5, 5.41) is 16.5. The maximum absolute atomic E-state index is 12.7. The Morgan fingerprint density at radius 2 is 1.63 bits per heavy atom. The lowest BCUT2D eigenvalue weighted by molar-refractivity contribution is -0.129. The van der Waals surface area contributed by atoms with Gasteiger partial charge >= 0.3 is 0 Å². The van der Waals surface area contributed by atoms with Crippen LogP contribution in [-0.2, 0) is 28.0 Å². The molecule has 1 fully saturated rings. The average Bonchev–Trinajstić information content (AvgIpc) is 3.37. The van der Waals surface area contributed by atoms with E-state index in [9.17, 15) is 13.2 Å². The van der Waals surface area contributed by atoms with Crippen LogP contribution in [0, 0.1) is 11.3 Å². The Bertz CT molecular complexity index is 1930. The maximum Gasteiger partial charge on any atom is 0.294 e. The van der Waals surface area contributed by atoms with Gasteiger partial charge in [-0.15, -0.1) is 0 Å². The first-order chi connectivity index (χ1) is 20.7. The monoisotopic (exact) mass is 593 g/mol. The van der Waals surface area contributed by atoms with Gasteiger partial charge in [-0.1, -0.05) is 60.7 Å². The van der Waals surface area contributed by atoms with Gasteiger partial charge in [-0.3, -0.25) is 9.35 Å². The standard InChI is InChI=1S/C23H21N3O.C11H10O4S/c24-14-17-4-3-5-19(12-17)16-26-11-10-22(23(26)27)25-15-18-8-9-20-6-1-2-7-21(20)13-18;1-15-10-4-2-8-3-5-11(16(12,13)14)7-9(8)6-10/h1-9,12-13,22,25H,10-11,15-16H2;2-7H,1H3,(H,12,13,14)/t22-;/m0./s1. The third-order valence-corrected chi connectivity index (χ3v) is 8.26. The molecule has 1 saturated heterocycles. The van der Waals surface area contributed by atoms with E-state index in [1.807, 2.05) is 41.3 Å². The number of amides is 1. The number of nitrogens with zero attached hydrogens (tertiary/aromatic N) is 2. The number of carbonyl (C=O) groups excluding carboxylic acids is 1. The molecule has 1 aliphatic heterocycles. The number of rotatable bonds is 7. The summed E-state index contributed by atoms with van der Waals surface area (Å²) in [5.41, 5.74) is 2.81. The molecular formula is C34H31N3O5S. The lowest BCUT2D eigenvalue weighted by Gasteiger charge is -2.17. The number of nitrogens with one attached hydrogen (secondary N) is 1. The number of ether oxygens (including phenoxy) is 1. The summed E-state index contributed by atoms with van der Waals surface area (Å²) in [7, 11) is -2.62. The zero-order chi connectivity index (χ0) is 30.4. The van der Waals surface area contributed by atoms with Crippen molar-refractivity contribution in [1.82, 2.24) is 10.2 Å². The molecule has 218 valence electrons. The quantitative estimate of drug-likeness (QED) is 0.232. The summed E-state index contributed by atoms with van der Waals surface area (Å²) in [4.78, 5) is 14.4. The molecule has 1 amide bonds. The zero-order valence-electron chi connectivity index (χ0n) is 23.6. The number of hydrogen-bond donors (Lipinski definition) is 2. The number of nitriles is 1. The third-order valence-electron chi connectivity index (χ3n) is 7.41. The van der Waals surface area contributed by atoms with Gasteiger partial charge in [0, 0.05) is 19.6 Å². The molecule has 5 aromatic rings. The molecule has 8 nitrogen and oxygen atoms in total. The van der Waals surface area contributed by atoms with Crippen molar-refractivity contribution in [3.63, 3.8) is 0 Å². The van der Waals surface area contributed by atoms with E-state index in [0.717, 1.165) is 23.9 Å². The van der Waals surface area contributed by atoms with Crippen LogP contribution in [0.5, 0.6) is 5.75 Å². The summed E-state index contributed by atoms with van der Waals surface area (Å²) in [6.45, 7) is 1.98. The molecule has 6 rings (SSSR count). The molecule has 0 aromatic heterocycles. The van der Waals surface area contributed by atoms with Crippen molar-refractivity contribution in [3.05, 3.63) is 120 Å². The molecule has 0 radical (unpaired) electrons. The smallest absolute Gasteiger partial charge is 0.294 e. The van der Waals surface area contributed by atoms with E-state index in [0.29, 0.717) is 29.8 Å². The minimum Gasteiger partial charge on any atom is -0.497 e. The maximum atomic E-state index is 12.7. The van der Waals surface area contributed by atoms with Gasteiger partial charge in [0.1, 0.15) is 5.75 Å². The zero-order valence-corrected chi connectivity index (χ0v) is 24.4. The largest absolute Gasteiger partial charge is 0.497 e. The molecule has 9 heteroatoms. The van der Waals surface area contributed by atoms with Crippen molar-refractivity contribution in [2.45, 2.75) is 30.4 Å². The van der Waals surface area contributed by atoms with Crippen LogP contribution in [0.15, 0.2) is 108 Å². The van der Waals surface area contributed by atoms with Crippen LogP contribution in [0.2, 0.25) is 0 Å². The SMILES string of the molecule is COc1ccc2ccc(S(=O)(=O)O)cc2c1.N#Cc1cccc(CN2CC[C@H](NCc3ccc4ccccc4c3)C2=O)c1. The lowest BCUT2D eigenvalue weighted by Crippen LogP contribution is -2.37. The highest BCUT2D eigenvalue weighted by Gasteiger charge is 2.31. The Labute approximate surface area is 250 Å². The molecule has 43 heavy (non-hydrogen) atoms. The van der Waals surface area contributed by atoms with Gasteiger partial charge in [-0.25, -0.2) is 0 Å². The first-order valence-electron chi connectivity index (χ1n) is 13.8. The molecule has 5 aromatic carbocycles. The van der Waals surface area contributed by atoms with Gasteiger partial charge in [0.05, 0.1) is 29.7 Å². The van der Waals surface area contributed by atoms with E-state index in [4.69, 9.17) is 14.6 Å². The van der Waals surface area contributed by atoms with E-state index in [1.165, 1.54) is 35.6 Å². The number of carbonyl (C=O) groups is 1. The molecule has 1 atom stereocenters.